The van der Waals surface area contributed by atoms with Gasteiger partial charge in [0.2, 0.25) is 0 Å². The minimum absolute atomic E-state index is 0.0376. The molecule has 3 aromatic heterocycles. The summed E-state index contributed by atoms with van der Waals surface area (Å²) in [6.45, 7) is 6.64. The van der Waals surface area contributed by atoms with Gasteiger partial charge in [0, 0.05) is 23.0 Å². The van der Waals surface area contributed by atoms with Crippen molar-refractivity contribution in [2.45, 2.75) is 26.2 Å². The molecule has 0 aliphatic carbocycles. The maximum Gasteiger partial charge on any atom is 0.161 e. The van der Waals surface area contributed by atoms with Crippen LogP contribution in [0.15, 0.2) is 65.2 Å². The molecular weight excluding hydrogens is 348 g/mol. The summed E-state index contributed by atoms with van der Waals surface area (Å²) in [5, 5.41) is 2.13. The van der Waals surface area contributed by atoms with Crippen molar-refractivity contribution in [1.82, 2.24) is 9.55 Å². The lowest BCUT2D eigenvalue weighted by molar-refractivity contribution is 0.415. The van der Waals surface area contributed by atoms with Gasteiger partial charge in [0.05, 0.1) is 12.6 Å². The maximum absolute atomic E-state index is 6.25. The number of benzene rings is 2. The molecule has 0 amide bonds. The molecule has 0 fully saturated rings. The normalized spacial score (nSPS) is 12.3. The molecule has 2 aromatic carbocycles. The number of hydrogen-bond acceptors (Lipinski definition) is 3. The van der Waals surface area contributed by atoms with Gasteiger partial charge in [0.1, 0.15) is 22.7 Å². The highest BCUT2D eigenvalue weighted by Crippen LogP contribution is 2.39. The second kappa shape index (κ2) is 5.86. The molecule has 0 radical (unpaired) electrons. The molecule has 4 heteroatoms. The third kappa shape index (κ3) is 2.41. The van der Waals surface area contributed by atoms with Crippen LogP contribution in [-0.4, -0.2) is 16.7 Å². The third-order valence-electron chi connectivity index (χ3n) is 5.32. The van der Waals surface area contributed by atoms with Gasteiger partial charge in [-0.2, -0.15) is 0 Å². The van der Waals surface area contributed by atoms with Gasteiger partial charge in [0.25, 0.3) is 0 Å². The predicted octanol–water partition coefficient (Wildman–Crippen LogP) is 6.23. The van der Waals surface area contributed by atoms with Gasteiger partial charge in [-0.25, -0.2) is 4.98 Å². The molecule has 0 atom stereocenters. The lowest BCUT2D eigenvalue weighted by atomic mass is 9.88. The number of nitrogens with zero attached hydrogens (tertiary/aromatic N) is 2. The van der Waals surface area contributed by atoms with Gasteiger partial charge < -0.3 is 9.15 Å². The summed E-state index contributed by atoms with van der Waals surface area (Å²) < 4.78 is 13.9. The monoisotopic (exact) mass is 370 g/mol. The van der Waals surface area contributed by atoms with Crippen molar-refractivity contribution in [3.63, 3.8) is 0 Å². The van der Waals surface area contributed by atoms with Gasteiger partial charge >= 0.3 is 0 Å². The van der Waals surface area contributed by atoms with Gasteiger partial charge in [-0.1, -0.05) is 32.9 Å². The number of methoxy groups -OCH3 is 1. The van der Waals surface area contributed by atoms with Gasteiger partial charge in [-0.3, -0.25) is 4.57 Å². The second-order valence-electron chi connectivity index (χ2n) is 8.15. The van der Waals surface area contributed by atoms with Gasteiger partial charge in [0.15, 0.2) is 5.58 Å². The number of rotatable bonds is 2. The largest absolute Gasteiger partial charge is 0.497 e. The van der Waals surface area contributed by atoms with Crippen LogP contribution < -0.4 is 4.74 Å². The molecule has 0 saturated carbocycles. The summed E-state index contributed by atoms with van der Waals surface area (Å²) in [6, 6.07) is 18.5. The van der Waals surface area contributed by atoms with E-state index in [1.807, 2.05) is 36.5 Å². The molecule has 3 heterocycles. The summed E-state index contributed by atoms with van der Waals surface area (Å²) >= 11 is 0. The number of hydrogen-bond donors (Lipinski definition) is 0. The van der Waals surface area contributed by atoms with E-state index in [2.05, 4.69) is 49.6 Å². The highest BCUT2D eigenvalue weighted by atomic mass is 16.5. The Morgan fingerprint density at radius 2 is 1.79 bits per heavy atom. The minimum atomic E-state index is 0.0376. The third-order valence-corrected chi connectivity index (χ3v) is 5.32. The van der Waals surface area contributed by atoms with Crippen molar-refractivity contribution in [3.8, 4) is 11.6 Å². The summed E-state index contributed by atoms with van der Waals surface area (Å²) in [4.78, 5) is 4.72. The lowest BCUT2D eigenvalue weighted by Gasteiger charge is -2.19. The molecule has 5 aromatic rings. The van der Waals surface area contributed by atoms with E-state index in [1.54, 1.807) is 7.11 Å². The molecule has 4 nitrogen and oxygen atoms in total. The van der Waals surface area contributed by atoms with E-state index in [-0.39, 0.29) is 5.41 Å². The van der Waals surface area contributed by atoms with Crippen molar-refractivity contribution in [3.05, 3.63) is 66.4 Å². The molecule has 0 bridgehead atoms. The Labute approximate surface area is 163 Å². The first-order chi connectivity index (χ1) is 13.5. The van der Waals surface area contributed by atoms with Gasteiger partial charge in [-0.05, 0) is 47.4 Å². The van der Waals surface area contributed by atoms with Crippen LogP contribution in [0.2, 0.25) is 0 Å². The lowest BCUT2D eigenvalue weighted by Crippen LogP contribution is -2.12. The molecule has 5 rings (SSSR count). The number of ether oxygens (including phenoxy) is 1. The number of para-hydroxylation sites is 1. The van der Waals surface area contributed by atoms with Crippen molar-refractivity contribution < 1.29 is 9.15 Å². The average Bonchev–Trinajstić information content (AvgIpc) is 3.21. The number of pyridine rings is 1. The number of furan rings is 1. The Bertz CT molecular complexity index is 1340. The van der Waals surface area contributed by atoms with E-state index in [1.165, 1.54) is 5.56 Å². The van der Waals surface area contributed by atoms with Crippen molar-refractivity contribution >= 4 is 33.0 Å². The zero-order valence-electron chi connectivity index (χ0n) is 16.5. The smallest absolute Gasteiger partial charge is 0.161 e. The molecule has 28 heavy (non-hydrogen) atoms. The standard InChI is InChI=1S/C24H22N2O2/c1-24(2,3)15-11-12-25-21(13-15)26-19-14-16(27-4)9-10-17(19)23-22(26)18-7-5-6-8-20(18)28-23/h5-14H,1-4H3. The molecule has 0 unspecified atom stereocenters. The molecule has 0 saturated heterocycles. The van der Waals surface area contributed by atoms with E-state index in [0.717, 1.165) is 44.5 Å². The Balaban J connectivity index is 1.95. The Hall–Kier alpha value is -3.27. The van der Waals surface area contributed by atoms with Crippen LogP contribution in [0.1, 0.15) is 26.3 Å². The minimum Gasteiger partial charge on any atom is -0.497 e. The Morgan fingerprint density at radius 3 is 2.57 bits per heavy atom. The van der Waals surface area contributed by atoms with Crippen LogP contribution in [0.25, 0.3) is 38.8 Å². The first-order valence-electron chi connectivity index (χ1n) is 9.44. The fourth-order valence-electron chi connectivity index (χ4n) is 3.82. The van der Waals surface area contributed by atoms with E-state index in [4.69, 9.17) is 14.1 Å². The highest BCUT2D eigenvalue weighted by Gasteiger charge is 2.21. The quantitative estimate of drug-likeness (QED) is 0.370. The zero-order valence-corrected chi connectivity index (χ0v) is 16.5. The van der Waals surface area contributed by atoms with Crippen LogP contribution >= 0.6 is 0 Å². The molecule has 0 spiro atoms. The summed E-state index contributed by atoms with van der Waals surface area (Å²) in [5.41, 5.74) is 5.10. The maximum atomic E-state index is 6.25. The molecule has 0 N–H and O–H groups in total. The molecule has 0 aliphatic heterocycles. The van der Waals surface area contributed by atoms with Crippen LogP contribution in [0.5, 0.6) is 5.75 Å². The summed E-state index contributed by atoms with van der Waals surface area (Å²) in [6.07, 6.45) is 1.88. The van der Waals surface area contributed by atoms with Crippen molar-refractivity contribution in [2.75, 3.05) is 7.11 Å². The van der Waals surface area contributed by atoms with E-state index < -0.39 is 0 Å². The fourth-order valence-corrected chi connectivity index (χ4v) is 3.82. The second-order valence-corrected chi connectivity index (χ2v) is 8.15. The first kappa shape index (κ1) is 16.9. The SMILES string of the molecule is COc1ccc2c3oc4ccccc4c3n(-c3cc(C(C)(C)C)ccn3)c2c1. The Morgan fingerprint density at radius 1 is 0.964 bits per heavy atom. The predicted molar refractivity (Wildman–Crippen MR) is 114 cm³/mol. The summed E-state index contributed by atoms with van der Waals surface area (Å²) in [5.74, 6) is 1.69. The topological polar surface area (TPSA) is 40.2 Å². The fraction of sp³-hybridized carbons (Fsp3) is 0.208. The molecular formula is C24H22N2O2. The molecule has 140 valence electrons. The van der Waals surface area contributed by atoms with Crippen molar-refractivity contribution in [2.24, 2.45) is 0 Å². The Kier molecular flexibility index (Phi) is 3.53. The van der Waals surface area contributed by atoms with Crippen LogP contribution in [-0.2, 0) is 5.41 Å². The van der Waals surface area contributed by atoms with Crippen LogP contribution in [0.3, 0.4) is 0 Å². The number of aromatic nitrogens is 2. The van der Waals surface area contributed by atoms with E-state index >= 15 is 0 Å². The summed E-state index contributed by atoms with van der Waals surface area (Å²) in [7, 11) is 1.69. The van der Waals surface area contributed by atoms with Crippen LogP contribution in [0.4, 0.5) is 0 Å². The molecule has 0 aliphatic rings. The zero-order chi connectivity index (χ0) is 19.5. The van der Waals surface area contributed by atoms with Gasteiger partial charge in [-0.15, -0.1) is 0 Å². The van der Waals surface area contributed by atoms with E-state index in [9.17, 15) is 0 Å². The number of fused-ring (bicyclic) bond motifs is 5. The van der Waals surface area contributed by atoms with E-state index in [0.29, 0.717) is 0 Å². The van der Waals surface area contributed by atoms with Crippen LogP contribution in [0, 0.1) is 0 Å². The van der Waals surface area contributed by atoms with Crippen molar-refractivity contribution in [1.29, 1.82) is 0 Å². The highest BCUT2D eigenvalue weighted by molar-refractivity contribution is 6.16. The first-order valence-corrected chi connectivity index (χ1v) is 9.44. The average molecular weight is 370 g/mol.